The molecule has 37 heavy (non-hydrogen) atoms. The lowest BCUT2D eigenvalue weighted by Crippen LogP contribution is -2.33. The molecule has 1 aromatic heterocycles. The molecule has 3 aromatic rings. The first-order chi connectivity index (χ1) is 17.7. The summed E-state index contributed by atoms with van der Waals surface area (Å²) in [6, 6.07) is 13.6. The molecular formula is C27H30F3N5O2. The second kappa shape index (κ2) is 11.5. The molecule has 1 aliphatic carbocycles. The average molecular weight is 514 g/mol. The predicted molar refractivity (Wildman–Crippen MR) is 138 cm³/mol. The average Bonchev–Trinajstić information content (AvgIpc) is 2.86. The number of hydrogen-bond acceptors (Lipinski definition) is 6. The Morgan fingerprint density at radius 1 is 1.05 bits per heavy atom. The van der Waals surface area contributed by atoms with Crippen LogP contribution in [-0.2, 0) is 4.79 Å². The molecule has 2 aromatic carbocycles. The lowest BCUT2D eigenvalue weighted by atomic mass is 9.86. The van der Waals surface area contributed by atoms with Gasteiger partial charge in [-0.1, -0.05) is 24.3 Å². The van der Waals surface area contributed by atoms with Gasteiger partial charge in [0.15, 0.2) is 0 Å². The summed E-state index contributed by atoms with van der Waals surface area (Å²) in [6.45, 7) is 0.575. The van der Waals surface area contributed by atoms with Crippen LogP contribution in [0.25, 0.3) is 17.0 Å². The number of ether oxygens (including phenoxy) is 1. The Kier molecular flexibility index (Phi) is 8.15. The van der Waals surface area contributed by atoms with Gasteiger partial charge in [0.2, 0.25) is 11.9 Å². The summed E-state index contributed by atoms with van der Waals surface area (Å²) < 4.78 is 40.6. The van der Waals surface area contributed by atoms with Gasteiger partial charge in [-0.3, -0.25) is 4.79 Å². The highest BCUT2D eigenvalue weighted by molar-refractivity contribution is 5.92. The highest BCUT2D eigenvalue weighted by Gasteiger charge is 2.31. The Morgan fingerprint density at radius 2 is 1.76 bits per heavy atom. The number of nitrogens with zero attached hydrogens (tertiary/aromatic N) is 3. The number of aromatic nitrogens is 2. The smallest absolute Gasteiger partial charge is 0.406 e. The first-order valence-corrected chi connectivity index (χ1v) is 12.2. The third-order valence-electron chi connectivity index (χ3n) is 6.29. The number of nitrogens with one attached hydrogen (secondary N) is 2. The van der Waals surface area contributed by atoms with E-state index in [2.05, 4.69) is 20.4 Å². The number of anilines is 2. The molecule has 10 heteroatoms. The molecule has 0 radical (unpaired) electrons. The van der Waals surface area contributed by atoms with E-state index >= 15 is 0 Å². The van der Waals surface area contributed by atoms with Crippen molar-refractivity contribution >= 4 is 34.7 Å². The standard InChI is InChI=1S/C27H30F3N5O2/c1-35(2)25-22-5-3-4-6-23(22)33-26(34-25)32-20-12-7-19(8-13-20)17-31-24(36)16-11-18-9-14-21(15-10-18)37-27(28,29)30/h3-6,9-11,14-16,19-20H,7-8,12-13,17H2,1-2H3,(H,31,36)(H,32,33,34). The molecule has 1 aliphatic rings. The summed E-state index contributed by atoms with van der Waals surface area (Å²) >= 11 is 0. The fourth-order valence-electron chi connectivity index (χ4n) is 4.42. The summed E-state index contributed by atoms with van der Waals surface area (Å²) in [7, 11) is 3.94. The predicted octanol–water partition coefficient (Wildman–Crippen LogP) is 5.39. The van der Waals surface area contributed by atoms with Gasteiger partial charge < -0.3 is 20.3 Å². The van der Waals surface area contributed by atoms with Gasteiger partial charge in [0.25, 0.3) is 0 Å². The molecule has 0 spiro atoms. The Hall–Kier alpha value is -3.82. The quantitative estimate of drug-likeness (QED) is 0.393. The Bertz CT molecular complexity index is 1240. The van der Waals surface area contributed by atoms with Crippen molar-refractivity contribution in [3.05, 3.63) is 60.2 Å². The summed E-state index contributed by atoms with van der Waals surface area (Å²) in [5.74, 6) is 1.34. The first kappa shape index (κ1) is 26.2. The van der Waals surface area contributed by atoms with Crippen LogP contribution < -0.4 is 20.3 Å². The van der Waals surface area contributed by atoms with Crippen LogP contribution in [0.3, 0.4) is 0 Å². The number of hydrogen-bond donors (Lipinski definition) is 2. The van der Waals surface area contributed by atoms with Gasteiger partial charge in [-0.15, -0.1) is 13.2 Å². The van der Waals surface area contributed by atoms with Crippen LogP contribution in [0.2, 0.25) is 0 Å². The van der Waals surface area contributed by atoms with Crippen LogP contribution in [-0.4, -0.2) is 48.9 Å². The maximum Gasteiger partial charge on any atom is 0.573 e. The highest BCUT2D eigenvalue weighted by Crippen LogP contribution is 2.28. The number of rotatable bonds is 8. The SMILES string of the molecule is CN(C)c1nc(NC2CCC(CNC(=O)C=Cc3ccc(OC(F)(F)F)cc3)CC2)nc2ccccc12. The van der Waals surface area contributed by atoms with Gasteiger partial charge in [-0.25, -0.2) is 4.98 Å². The fourth-order valence-corrected chi connectivity index (χ4v) is 4.42. The van der Waals surface area contributed by atoms with E-state index in [-0.39, 0.29) is 17.7 Å². The number of halogens is 3. The minimum Gasteiger partial charge on any atom is -0.406 e. The summed E-state index contributed by atoms with van der Waals surface area (Å²) in [5.41, 5.74) is 1.50. The van der Waals surface area contributed by atoms with E-state index in [4.69, 9.17) is 4.98 Å². The van der Waals surface area contributed by atoms with E-state index in [0.29, 0.717) is 24.0 Å². The van der Waals surface area contributed by atoms with Gasteiger partial charge in [0.1, 0.15) is 11.6 Å². The minimum absolute atomic E-state index is 0.239. The van der Waals surface area contributed by atoms with Crippen molar-refractivity contribution < 1.29 is 22.7 Å². The number of alkyl halides is 3. The molecule has 0 saturated heterocycles. The van der Waals surface area contributed by atoms with Crippen LogP contribution in [0.15, 0.2) is 54.6 Å². The lowest BCUT2D eigenvalue weighted by molar-refractivity contribution is -0.274. The van der Waals surface area contributed by atoms with E-state index < -0.39 is 6.36 Å². The Labute approximate surface area is 213 Å². The third-order valence-corrected chi connectivity index (χ3v) is 6.29. The molecule has 4 rings (SSSR count). The largest absolute Gasteiger partial charge is 0.573 e. The van der Waals surface area contributed by atoms with Crippen molar-refractivity contribution in [2.24, 2.45) is 5.92 Å². The van der Waals surface area contributed by atoms with Gasteiger partial charge in [-0.05, 0) is 67.5 Å². The van der Waals surface area contributed by atoms with Crippen LogP contribution in [0.4, 0.5) is 24.9 Å². The van der Waals surface area contributed by atoms with Crippen LogP contribution in [0, 0.1) is 5.92 Å². The number of para-hydroxylation sites is 1. The molecule has 0 unspecified atom stereocenters. The van der Waals surface area contributed by atoms with Gasteiger partial charge in [0.05, 0.1) is 5.52 Å². The van der Waals surface area contributed by atoms with Gasteiger partial charge in [0, 0.05) is 38.1 Å². The maximum absolute atomic E-state index is 12.2. The van der Waals surface area contributed by atoms with Gasteiger partial charge >= 0.3 is 6.36 Å². The number of fused-ring (bicyclic) bond motifs is 1. The third kappa shape index (κ3) is 7.58. The first-order valence-electron chi connectivity index (χ1n) is 12.2. The van der Waals surface area contributed by atoms with E-state index in [0.717, 1.165) is 42.4 Å². The zero-order chi connectivity index (χ0) is 26.4. The molecular weight excluding hydrogens is 483 g/mol. The monoisotopic (exact) mass is 513 g/mol. The molecule has 1 saturated carbocycles. The highest BCUT2D eigenvalue weighted by atomic mass is 19.4. The van der Waals surface area contributed by atoms with E-state index in [1.807, 2.05) is 43.3 Å². The van der Waals surface area contributed by atoms with E-state index in [1.54, 1.807) is 6.08 Å². The Morgan fingerprint density at radius 3 is 2.43 bits per heavy atom. The van der Waals surface area contributed by atoms with Crippen molar-refractivity contribution in [1.29, 1.82) is 0 Å². The maximum atomic E-state index is 12.2. The number of carbonyl (C=O) groups excluding carboxylic acids is 1. The lowest BCUT2D eigenvalue weighted by Gasteiger charge is -2.29. The van der Waals surface area contributed by atoms with Gasteiger partial charge in [-0.2, -0.15) is 4.98 Å². The van der Waals surface area contributed by atoms with Crippen molar-refractivity contribution in [2.75, 3.05) is 30.9 Å². The second-order valence-electron chi connectivity index (χ2n) is 9.34. The van der Waals surface area contributed by atoms with Crippen LogP contribution in [0.5, 0.6) is 5.75 Å². The summed E-state index contributed by atoms with van der Waals surface area (Å²) in [6.07, 6.45) is 2.05. The molecule has 0 bridgehead atoms. The zero-order valence-electron chi connectivity index (χ0n) is 20.8. The zero-order valence-corrected chi connectivity index (χ0v) is 20.8. The molecule has 7 nitrogen and oxygen atoms in total. The molecule has 196 valence electrons. The summed E-state index contributed by atoms with van der Waals surface area (Å²) in [5, 5.41) is 7.42. The molecule has 1 fully saturated rings. The topological polar surface area (TPSA) is 79.4 Å². The molecule has 0 atom stereocenters. The Balaban J connectivity index is 1.22. The number of carbonyl (C=O) groups is 1. The normalized spacial score (nSPS) is 18.1. The van der Waals surface area contributed by atoms with Crippen LogP contribution in [0.1, 0.15) is 31.2 Å². The number of benzene rings is 2. The van der Waals surface area contributed by atoms with Crippen LogP contribution >= 0.6 is 0 Å². The molecule has 0 aliphatic heterocycles. The number of amides is 1. The van der Waals surface area contributed by atoms with Crippen molar-refractivity contribution in [3.63, 3.8) is 0 Å². The van der Waals surface area contributed by atoms with Crippen molar-refractivity contribution in [1.82, 2.24) is 15.3 Å². The molecule has 1 heterocycles. The van der Waals surface area contributed by atoms with E-state index in [9.17, 15) is 18.0 Å². The molecule has 1 amide bonds. The van der Waals surface area contributed by atoms with Crippen molar-refractivity contribution in [3.8, 4) is 5.75 Å². The minimum atomic E-state index is -4.73. The van der Waals surface area contributed by atoms with E-state index in [1.165, 1.54) is 30.3 Å². The summed E-state index contributed by atoms with van der Waals surface area (Å²) in [4.78, 5) is 23.6. The fraction of sp³-hybridized carbons (Fsp3) is 0.370. The van der Waals surface area contributed by atoms with Crippen molar-refractivity contribution in [2.45, 2.75) is 38.1 Å². The second-order valence-corrected chi connectivity index (χ2v) is 9.34. The molecule has 2 N–H and O–H groups in total.